The molecular formula is C15H18FN3O2. The quantitative estimate of drug-likeness (QED) is 0.882. The fourth-order valence-corrected chi connectivity index (χ4v) is 1.79. The second-order valence-corrected chi connectivity index (χ2v) is 4.48. The van der Waals surface area contributed by atoms with Gasteiger partial charge in [-0.2, -0.15) is 4.98 Å². The highest BCUT2D eigenvalue weighted by Crippen LogP contribution is 2.35. The molecule has 0 atom stereocenters. The lowest BCUT2D eigenvalue weighted by Gasteiger charge is -2.13. The molecule has 0 aliphatic carbocycles. The van der Waals surface area contributed by atoms with E-state index < -0.39 is 5.82 Å². The van der Waals surface area contributed by atoms with Gasteiger partial charge in [0.25, 0.3) is 5.88 Å². The van der Waals surface area contributed by atoms with E-state index in [0.717, 1.165) is 13.0 Å². The van der Waals surface area contributed by atoms with E-state index >= 15 is 0 Å². The van der Waals surface area contributed by atoms with Crippen molar-refractivity contribution in [1.29, 1.82) is 0 Å². The number of nitrogens with one attached hydrogen (secondary N) is 1. The fourth-order valence-electron chi connectivity index (χ4n) is 1.79. The average Bonchev–Trinajstić information content (AvgIpc) is 2.50. The number of nitrogens with zero attached hydrogens (tertiary/aromatic N) is 2. The number of rotatable bonds is 6. The van der Waals surface area contributed by atoms with E-state index in [1.165, 1.54) is 13.4 Å². The summed E-state index contributed by atoms with van der Waals surface area (Å²) in [4.78, 5) is 8.13. The number of ether oxygens (including phenoxy) is 2. The topological polar surface area (TPSA) is 56.3 Å². The molecule has 1 aromatic heterocycles. The maximum atomic E-state index is 14.0. The number of hydrogen-bond acceptors (Lipinski definition) is 5. The number of aromatic nitrogens is 2. The first-order chi connectivity index (χ1) is 10.2. The molecular weight excluding hydrogens is 273 g/mol. The van der Waals surface area contributed by atoms with E-state index in [-0.39, 0.29) is 11.6 Å². The average molecular weight is 291 g/mol. The molecule has 5 nitrogen and oxygen atoms in total. The summed E-state index contributed by atoms with van der Waals surface area (Å²) in [5.41, 5.74) is 0.504. The first-order valence-corrected chi connectivity index (χ1v) is 6.73. The molecule has 112 valence electrons. The summed E-state index contributed by atoms with van der Waals surface area (Å²) in [5, 5.41) is 3.12. The minimum atomic E-state index is -0.416. The van der Waals surface area contributed by atoms with Crippen LogP contribution in [0.1, 0.15) is 18.9 Å². The normalized spacial score (nSPS) is 10.3. The lowest BCUT2D eigenvalue weighted by atomic mass is 10.2. The minimum absolute atomic E-state index is 0.105. The van der Waals surface area contributed by atoms with Gasteiger partial charge in [0.2, 0.25) is 5.75 Å². The molecule has 2 rings (SSSR count). The van der Waals surface area contributed by atoms with Gasteiger partial charge in [0, 0.05) is 6.54 Å². The van der Waals surface area contributed by atoms with E-state index in [0.29, 0.717) is 17.1 Å². The Morgan fingerprint density at radius 1 is 1.29 bits per heavy atom. The lowest BCUT2D eigenvalue weighted by molar-refractivity contribution is 0.360. The molecule has 0 saturated carbocycles. The zero-order valence-corrected chi connectivity index (χ0v) is 12.3. The summed E-state index contributed by atoms with van der Waals surface area (Å²) in [6.07, 6.45) is 2.29. The van der Waals surface area contributed by atoms with Gasteiger partial charge < -0.3 is 14.8 Å². The van der Waals surface area contributed by atoms with Crippen molar-refractivity contribution >= 4 is 5.82 Å². The number of anilines is 1. The third kappa shape index (κ3) is 3.39. The molecule has 2 aromatic rings. The van der Waals surface area contributed by atoms with Gasteiger partial charge in [0.05, 0.1) is 7.11 Å². The lowest BCUT2D eigenvalue weighted by Crippen LogP contribution is -2.06. The van der Waals surface area contributed by atoms with Crippen molar-refractivity contribution in [2.75, 3.05) is 19.0 Å². The Hall–Kier alpha value is -2.37. The van der Waals surface area contributed by atoms with E-state index in [4.69, 9.17) is 9.47 Å². The van der Waals surface area contributed by atoms with Crippen molar-refractivity contribution in [1.82, 2.24) is 9.97 Å². The Kier molecular flexibility index (Phi) is 4.92. The van der Waals surface area contributed by atoms with Crippen LogP contribution >= 0.6 is 0 Å². The Morgan fingerprint density at radius 3 is 2.81 bits per heavy atom. The molecule has 1 N–H and O–H groups in total. The molecule has 0 aliphatic heterocycles. The molecule has 6 heteroatoms. The van der Waals surface area contributed by atoms with Crippen LogP contribution < -0.4 is 14.8 Å². The third-order valence-electron chi connectivity index (χ3n) is 2.88. The van der Waals surface area contributed by atoms with Crippen LogP contribution in [0.15, 0.2) is 24.5 Å². The second kappa shape index (κ2) is 6.88. The van der Waals surface area contributed by atoms with Crippen LogP contribution in [-0.4, -0.2) is 23.6 Å². The summed E-state index contributed by atoms with van der Waals surface area (Å²) in [6, 6.07) is 4.94. The van der Waals surface area contributed by atoms with E-state index in [1.807, 2.05) is 6.92 Å². The summed E-state index contributed by atoms with van der Waals surface area (Å²) < 4.78 is 24.8. The largest absolute Gasteiger partial charge is 0.489 e. The summed E-state index contributed by atoms with van der Waals surface area (Å²) >= 11 is 0. The molecule has 1 heterocycles. The monoisotopic (exact) mass is 291 g/mol. The molecule has 0 fully saturated rings. The van der Waals surface area contributed by atoms with Crippen LogP contribution in [-0.2, 0) is 0 Å². The highest BCUT2D eigenvalue weighted by atomic mass is 19.1. The van der Waals surface area contributed by atoms with Crippen LogP contribution in [0.2, 0.25) is 0 Å². The molecule has 0 bridgehead atoms. The third-order valence-corrected chi connectivity index (χ3v) is 2.88. The molecule has 0 spiro atoms. The maximum absolute atomic E-state index is 14.0. The predicted octanol–water partition coefficient (Wildman–Crippen LogP) is 3.55. The van der Waals surface area contributed by atoms with Gasteiger partial charge in [0.15, 0.2) is 17.4 Å². The zero-order valence-electron chi connectivity index (χ0n) is 12.3. The molecule has 0 aliphatic rings. The summed E-state index contributed by atoms with van der Waals surface area (Å²) in [6.45, 7) is 4.46. The number of halogens is 1. The van der Waals surface area contributed by atoms with Gasteiger partial charge >= 0.3 is 0 Å². The van der Waals surface area contributed by atoms with E-state index in [2.05, 4.69) is 15.3 Å². The van der Waals surface area contributed by atoms with Crippen LogP contribution in [0, 0.1) is 12.7 Å². The SMILES string of the molecule is CCCNc1ncnc(Oc2cccc(C)c2F)c1OC. The molecule has 0 amide bonds. The molecule has 0 unspecified atom stereocenters. The van der Waals surface area contributed by atoms with Gasteiger partial charge in [-0.25, -0.2) is 9.37 Å². The zero-order chi connectivity index (χ0) is 15.2. The summed E-state index contributed by atoms with van der Waals surface area (Å²) in [7, 11) is 1.50. The van der Waals surface area contributed by atoms with Gasteiger partial charge in [-0.3, -0.25) is 0 Å². The van der Waals surface area contributed by atoms with Crippen molar-refractivity contribution in [2.24, 2.45) is 0 Å². The fraction of sp³-hybridized carbons (Fsp3) is 0.333. The number of benzene rings is 1. The molecule has 0 radical (unpaired) electrons. The number of aryl methyl sites for hydroxylation is 1. The van der Waals surface area contributed by atoms with Crippen LogP contribution in [0.5, 0.6) is 17.4 Å². The standard InChI is InChI=1S/C15H18FN3O2/c1-4-8-17-14-13(20-3)15(19-9-18-14)21-11-7-5-6-10(2)12(11)16/h5-7,9H,4,8H2,1-3H3,(H,17,18,19). The van der Waals surface area contributed by atoms with Crippen LogP contribution in [0.25, 0.3) is 0 Å². The van der Waals surface area contributed by atoms with Crippen molar-refractivity contribution in [3.63, 3.8) is 0 Å². The van der Waals surface area contributed by atoms with Crippen molar-refractivity contribution in [2.45, 2.75) is 20.3 Å². The van der Waals surface area contributed by atoms with Crippen molar-refractivity contribution in [3.05, 3.63) is 35.9 Å². The van der Waals surface area contributed by atoms with Crippen molar-refractivity contribution < 1.29 is 13.9 Å². The Bertz CT molecular complexity index is 620. The van der Waals surface area contributed by atoms with Gasteiger partial charge in [-0.15, -0.1) is 0 Å². The summed E-state index contributed by atoms with van der Waals surface area (Å²) in [5.74, 6) is 0.745. The highest BCUT2D eigenvalue weighted by molar-refractivity contribution is 5.56. The number of hydrogen-bond donors (Lipinski definition) is 1. The van der Waals surface area contributed by atoms with Gasteiger partial charge in [-0.05, 0) is 25.0 Å². The highest BCUT2D eigenvalue weighted by Gasteiger charge is 2.16. The first kappa shape index (κ1) is 15.0. The first-order valence-electron chi connectivity index (χ1n) is 6.73. The Balaban J connectivity index is 2.33. The Labute approximate surface area is 123 Å². The molecule has 0 saturated heterocycles. The predicted molar refractivity (Wildman–Crippen MR) is 78.6 cm³/mol. The van der Waals surface area contributed by atoms with Crippen LogP contribution in [0.4, 0.5) is 10.2 Å². The minimum Gasteiger partial charge on any atom is -0.489 e. The number of methoxy groups -OCH3 is 1. The smallest absolute Gasteiger partial charge is 0.268 e. The van der Waals surface area contributed by atoms with E-state index in [9.17, 15) is 4.39 Å². The van der Waals surface area contributed by atoms with Crippen LogP contribution in [0.3, 0.4) is 0 Å². The van der Waals surface area contributed by atoms with E-state index in [1.54, 1.807) is 25.1 Å². The molecule has 1 aromatic carbocycles. The Morgan fingerprint density at radius 2 is 2.10 bits per heavy atom. The van der Waals surface area contributed by atoms with Gasteiger partial charge in [0.1, 0.15) is 6.33 Å². The van der Waals surface area contributed by atoms with Gasteiger partial charge in [-0.1, -0.05) is 19.1 Å². The van der Waals surface area contributed by atoms with Crippen molar-refractivity contribution in [3.8, 4) is 17.4 Å². The molecule has 21 heavy (non-hydrogen) atoms. The maximum Gasteiger partial charge on any atom is 0.268 e. The second-order valence-electron chi connectivity index (χ2n) is 4.48.